The van der Waals surface area contributed by atoms with Crippen molar-refractivity contribution in [1.29, 1.82) is 0 Å². The van der Waals surface area contributed by atoms with E-state index in [0.717, 1.165) is 22.9 Å². The minimum Gasteiger partial charge on any atom is -0.309 e. The molecule has 2 heteroatoms. The molecule has 3 atom stereocenters. The number of halogens is 1. The first kappa shape index (κ1) is 10.5. The van der Waals surface area contributed by atoms with Gasteiger partial charge in [-0.1, -0.05) is 40.2 Å². The van der Waals surface area contributed by atoms with Crippen molar-refractivity contribution in [3.63, 3.8) is 0 Å². The van der Waals surface area contributed by atoms with Crippen LogP contribution in [0.25, 0.3) is 0 Å². The molecule has 0 aromatic heterocycles. The summed E-state index contributed by atoms with van der Waals surface area (Å²) < 4.78 is 1.15. The third-order valence-electron chi connectivity index (χ3n) is 3.84. The van der Waals surface area contributed by atoms with Gasteiger partial charge in [-0.25, -0.2) is 0 Å². The number of hydrogen-bond donors (Lipinski definition) is 1. The van der Waals surface area contributed by atoms with Crippen LogP contribution in [0.4, 0.5) is 0 Å². The van der Waals surface area contributed by atoms with Gasteiger partial charge in [0.2, 0.25) is 0 Å². The normalized spacial score (nSPS) is 31.2. The molecule has 1 aromatic carbocycles. The highest BCUT2D eigenvalue weighted by Gasteiger charge is 2.40. The Morgan fingerprint density at radius 2 is 2.06 bits per heavy atom. The number of hydrogen-bond acceptors (Lipinski definition) is 1. The third-order valence-corrected chi connectivity index (χ3v) is 4.37. The molecule has 0 spiro atoms. The van der Waals surface area contributed by atoms with Crippen molar-refractivity contribution in [2.24, 2.45) is 11.8 Å². The van der Waals surface area contributed by atoms with Gasteiger partial charge in [0.25, 0.3) is 0 Å². The molecule has 84 valence electrons. The monoisotopic (exact) mass is 277 g/mol. The molecule has 0 amide bonds. The van der Waals surface area contributed by atoms with Gasteiger partial charge in [-0.3, -0.25) is 0 Å². The maximum Gasteiger partial charge on any atom is 0.0208 e. The van der Waals surface area contributed by atoms with Gasteiger partial charge < -0.3 is 5.32 Å². The van der Waals surface area contributed by atoms with E-state index < -0.39 is 0 Å². The zero-order valence-electron chi connectivity index (χ0n) is 9.20. The van der Waals surface area contributed by atoms with Gasteiger partial charge in [0.15, 0.2) is 0 Å². The highest BCUT2D eigenvalue weighted by molar-refractivity contribution is 9.10. The summed E-state index contributed by atoms with van der Waals surface area (Å²) in [5.74, 6) is 1.76. The van der Waals surface area contributed by atoms with Crippen LogP contribution in [-0.2, 0) is 6.54 Å². The van der Waals surface area contributed by atoms with Crippen LogP contribution in [-0.4, -0.2) is 6.04 Å². The molecule has 0 heterocycles. The van der Waals surface area contributed by atoms with Crippen molar-refractivity contribution in [1.82, 2.24) is 5.32 Å². The Kier molecular flexibility index (Phi) is 2.86. The summed E-state index contributed by atoms with van der Waals surface area (Å²) in [6, 6.07) is 9.29. The Labute approximate surface area is 105 Å². The molecule has 1 nitrogen and oxygen atoms in total. The second-order valence-electron chi connectivity index (χ2n) is 4.85. The molecule has 1 saturated carbocycles. The number of fused-ring (bicyclic) bond motifs is 1. The summed E-state index contributed by atoms with van der Waals surface area (Å²) in [6.45, 7) is 0.995. The Bertz CT molecular complexity index is 396. The first-order valence-electron chi connectivity index (χ1n) is 5.97. The van der Waals surface area contributed by atoms with Gasteiger partial charge in [-0.2, -0.15) is 0 Å². The molecule has 3 rings (SSSR count). The van der Waals surface area contributed by atoms with E-state index >= 15 is 0 Å². The van der Waals surface area contributed by atoms with E-state index in [2.05, 4.69) is 57.7 Å². The summed E-state index contributed by atoms with van der Waals surface area (Å²) in [5, 5.41) is 3.66. The van der Waals surface area contributed by atoms with Crippen LogP contribution in [0, 0.1) is 11.8 Å². The first-order chi connectivity index (χ1) is 7.83. The Morgan fingerprint density at radius 3 is 2.81 bits per heavy atom. The summed E-state index contributed by atoms with van der Waals surface area (Å²) in [5.41, 5.74) is 1.37. The van der Waals surface area contributed by atoms with E-state index in [1.807, 2.05) is 0 Å². The van der Waals surface area contributed by atoms with Gasteiger partial charge in [0.1, 0.15) is 0 Å². The van der Waals surface area contributed by atoms with E-state index in [9.17, 15) is 0 Å². The zero-order valence-corrected chi connectivity index (χ0v) is 10.8. The molecular formula is C14H16BrN. The molecule has 0 aliphatic heterocycles. The van der Waals surface area contributed by atoms with Crippen LogP contribution in [0.5, 0.6) is 0 Å². The summed E-state index contributed by atoms with van der Waals surface area (Å²) >= 11 is 3.46. The molecule has 0 bridgehead atoms. The summed E-state index contributed by atoms with van der Waals surface area (Å²) in [4.78, 5) is 0. The van der Waals surface area contributed by atoms with Crippen LogP contribution >= 0.6 is 15.9 Å². The number of rotatable bonds is 3. The topological polar surface area (TPSA) is 12.0 Å². The summed E-state index contributed by atoms with van der Waals surface area (Å²) in [6.07, 6.45) is 7.40. The lowest BCUT2D eigenvalue weighted by Gasteiger charge is -2.40. The fourth-order valence-electron chi connectivity index (χ4n) is 2.80. The average molecular weight is 278 g/mol. The van der Waals surface area contributed by atoms with Crippen molar-refractivity contribution >= 4 is 15.9 Å². The van der Waals surface area contributed by atoms with E-state index in [4.69, 9.17) is 0 Å². The molecule has 2 aliphatic rings. The lowest BCUT2D eigenvalue weighted by atomic mass is 9.71. The van der Waals surface area contributed by atoms with E-state index in [0.29, 0.717) is 6.04 Å². The lowest BCUT2D eigenvalue weighted by Crippen LogP contribution is -2.47. The molecule has 2 aliphatic carbocycles. The predicted molar refractivity (Wildman–Crippen MR) is 70.1 cm³/mol. The predicted octanol–water partition coefficient (Wildman–Crippen LogP) is 3.50. The molecule has 1 fully saturated rings. The fraction of sp³-hybridized carbons (Fsp3) is 0.429. The second kappa shape index (κ2) is 4.34. The average Bonchev–Trinajstić information content (AvgIpc) is 2.63. The highest BCUT2D eigenvalue weighted by atomic mass is 79.9. The van der Waals surface area contributed by atoms with Crippen molar-refractivity contribution in [3.8, 4) is 0 Å². The van der Waals surface area contributed by atoms with Crippen LogP contribution in [0.3, 0.4) is 0 Å². The zero-order chi connectivity index (χ0) is 11.0. The summed E-state index contributed by atoms with van der Waals surface area (Å²) in [7, 11) is 0. The lowest BCUT2D eigenvalue weighted by molar-refractivity contribution is 0.162. The second-order valence-corrected chi connectivity index (χ2v) is 5.77. The van der Waals surface area contributed by atoms with Crippen LogP contribution in [0.15, 0.2) is 40.9 Å². The third kappa shape index (κ3) is 1.96. The van der Waals surface area contributed by atoms with Crippen molar-refractivity contribution in [2.75, 3.05) is 0 Å². The van der Waals surface area contributed by atoms with E-state index in [1.165, 1.54) is 18.4 Å². The Balaban J connectivity index is 1.53. The fourth-order valence-corrected chi connectivity index (χ4v) is 3.06. The van der Waals surface area contributed by atoms with Gasteiger partial charge in [-0.15, -0.1) is 0 Å². The van der Waals surface area contributed by atoms with Crippen molar-refractivity contribution in [2.45, 2.75) is 25.4 Å². The van der Waals surface area contributed by atoms with Crippen LogP contribution in [0.2, 0.25) is 0 Å². The highest BCUT2D eigenvalue weighted by Crippen LogP contribution is 2.42. The molecule has 3 unspecified atom stereocenters. The minimum atomic E-state index is 0.715. The molecular weight excluding hydrogens is 262 g/mol. The SMILES string of the molecule is Brc1ccc(CNC2CC3CC=CC32)cc1. The van der Waals surface area contributed by atoms with Gasteiger partial charge in [-0.05, 0) is 42.4 Å². The molecule has 1 N–H and O–H groups in total. The Morgan fingerprint density at radius 1 is 1.25 bits per heavy atom. The molecule has 0 radical (unpaired) electrons. The molecule has 1 aromatic rings. The standard InChI is InChI=1S/C14H16BrN/c15-12-6-4-10(5-7-12)9-16-14-8-11-2-1-3-13(11)14/h1,3-7,11,13-14,16H,2,8-9H2. The quantitative estimate of drug-likeness (QED) is 0.834. The maximum absolute atomic E-state index is 3.66. The van der Waals surface area contributed by atoms with Gasteiger partial charge >= 0.3 is 0 Å². The van der Waals surface area contributed by atoms with E-state index in [-0.39, 0.29) is 0 Å². The van der Waals surface area contributed by atoms with Crippen LogP contribution in [0.1, 0.15) is 18.4 Å². The molecule has 16 heavy (non-hydrogen) atoms. The number of benzene rings is 1. The number of allylic oxidation sites excluding steroid dienone is 1. The van der Waals surface area contributed by atoms with E-state index in [1.54, 1.807) is 0 Å². The smallest absolute Gasteiger partial charge is 0.0208 e. The van der Waals surface area contributed by atoms with Crippen molar-refractivity contribution < 1.29 is 0 Å². The van der Waals surface area contributed by atoms with Crippen LogP contribution < -0.4 is 5.32 Å². The molecule has 0 saturated heterocycles. The minimum absolute atomic E-state index is 0.715. The largest absolute Gasteiger partial charge is 0.309 e. The first-order valence-corrected chi connectivity index (χ1v) is 6.77. The Hall–Kier alpha value is -0.600. The number of nitrogens with one attached hydrogen (secondary N) is 1. The maximum atomic E-state index is 3.66. The van der Waals surface area contributed by atoms with Gasteiger partial charge in [0.05, 0.1) is 0 Å². The van der Waals surface area contributed by atoms with Crippen molar-refractivity contribution in [3.05, 3.63) is 46.5 Å². The van der Waals surface area contributed by atoms with Gasteiger partial charge in [0, 0.05) is 17.1 Å².